The van der Waals surface area contributed by atoms with Crippen LogP contribution in [-0.4, -0.2) is 26.8 Å². The van der Waals surface area contributed by atoms with Crippen LogP contribution in [-0.2, 0) is 6.42 Å². The minimum atomic E-state index is -0.656. The number of nitrogens with one attached hydrogen (secondary N) is 1. The molecule has 0 spiro atoms. The van der Waals surface area contributed by atoms with Crippen molar-refractivity contribution in [2.75, 3.05) is 11.9 Å². The first-order valence-electron chi connectivity index (χ1n) is 7.10. The van der Waals surface area contributed by atoms with E-state index in [1.165, 1.54) is 17.4 Å². The maximum atomic E-state index is 13.6. The Bertz CT molecular complexity index is 766. The van der Waals surface area contributed by atoms with Crippen LogP contribution >= 0.6 is 11.3 Å². The summed E-state index contributed by atoms with van der Waals surface area (Å²) in [5.74, 6) is -0.245. The smallest absolute Gasteiger partial charge is 0.205 e. The summed E-state index contributed by atoms with van der Waals surface area (Å²) in [6, 6.07) is 10.1. The molecule has 0 saturated heterocycles. The summed E-state index contributed by atoms with van der Waals surface area (Å²) in [7, 11) is 0. The van der Waals surface area contributed by atoms with E-state index >= 15 is 0 Å². The number of aliphatic hydroxyl groups is 1. The highest BCUT2D eigenvalue weighted by Crippen LogP contribution is 2.21. The molecule has 2 heterocycles. The van der Waals surface area contributed by atoms with Crippen LogP contribution in [0.3, 0.4) is 0 Å². The Morgan fingerprint density at radius 1 is 1.13 bits per heavy atom. The normalized spacial score (nSPS) is 12.1. The van der Waals surface area contributed by atoms with Gasteiger partial charge in [0.2, 0.25) is 5.13 Å². The van der Waals surface area contributed by atoms with Crippen molar-refractivity contribution >= 4 is 16.5 Å². The molecule has 5 nitrogen and oxygen atoms in total. The lowest BCUT2D eigenvalue weighted by molar-refractivity contribution is 0.191. The molecule has 7 heteroatoms. The molecule has 1 aromatic carbocycles. The topological polar surface area (TPSA) is 70.9 Å². The zero-order valence-corrected chi connectivity index (χ0v) is 13.0. The van der Waals surface area contributed by atoms with E-state index in [1.807, 2.05) is 0 Å². The Kier molecular flexibility index (Phi) is 4.89. The van der Waals surface area contributed by atoms with Crippen molar-refractivity contribution in [1.82, 2.24) is 15.2 Å². The lowest BCUT2D eigenvalue weighted by Crippen LogP contribution is -2.11. The van der Waals surface area contributed by atoms with Crippen LogP contribution in [0.5, 0.6) is 0 Å². The van der Waals surface area contributed by atoms with Crippen molar-refractivity contribution < 1.29 is 9.50 Å². The molecule has 0 aliphatic carbocycles. The van der Waals surface area contributed by atoms with Crippen LogP contribution in [0.1, 0.15) is 22.2 Å². The quantitative estimate of drug-likeness (QED) is 0.727. The van der Waals surface area contributed by atoms with Gasteiger partial charge in [-0.05, 0) is 29.3 Å². The molecular formula is C16H15FN4OS. The van der Waals surface area contributed by atoms with Crippen molar-refractivity contribution in [1.29, 1.82) is 0 Å². The molecule has 1 unspecified atom stereocenters. The summed E-state index contributed by atoms with van der Waals surface area (Å²) in [5.41, 5.74) is 1.37. The summed E-state index contributed by atoms with van der Waals surface area (Å²) in [6.45, 7) is 0.318. The molecule has 2 N–H and O–H groups in total. The van der Waals surface area contributed by atoms with Gasteiger partial charge in [-0.25, -0.2) is 4.39 Å². The molecule has 0 fully saturated rings. The van der Waals surface area contributed by atoms with Crippen LogP contribution in [0.4, 0.5) is 9.52 Å². The number of halogens is 1. The lowest BCUT2D eigenvalue weighted by atomic mass is 10.1. The van der Waals surface area contributed by atoms with E-state index in [2.05, 4.69) is 20.5 Å². The largest absolute Gasteiger partial charge is 0.387 e. The van der Waals surface area contributed by atoms with Gasteiger partial charge in [-0.15, -0.1) is 10.2 Å². The second kappa shape index (κ2) is 7.26. The summed E-state index contributed by atoms with van der Waals surface area (Å²) < 4.78 is 13.6. The van der Waals surface area contributed by atoms with Gasteiger partial charge in [0, 0.05) is 25.4 Å². The highest BCUT2D eigenvalue weighted by Gasteiger charge is 2.10. The summed E-state index contributed by atoms with van der Waals surface area (Å²) in [5, 5.41) is 22.5. The number of aliphatic hydroxyl groups excluding tert-OH is 1. The third-order valence-electron chi connectivity index (χ3n) is 3.30. The van der Waals surface area contributed by atoms with Gasteiger partial charge in [0.25, 0.3) is 0 Å². The Balaban J connectivity index is 1.58. The fraction of sp³-hybridized carbons (Fsp3) is 0.188. The molecule has 0 saturated carbocycles. The molecule has 0 aliphatic heterocycles. The van der Waals surface area contributed by atoms with E-state index in [9.17, 15) is 9.50 Å². The van der Waals surface area contributed by atoms with E-state index in [0.29, 0.717) is 23.7 Å². The van der Waals surface area contributed by atoms with Gasteiger partial charge in [-0.3, -0.25) is 4.98 Å². The van der Waals surface area contributed by atoms with Crippen molar-refractivity contribution in [2.45, 2.75) is 12.5 Å². The van der Waals surface area contributed by atoms with Crippen molar-refractivity contribution in [3.05, 3.63) is 70.7 Å². The van der Waals surface area contributed by atoms with Crippen LogP contribution in [0.25, 0.3) is 0 Å². The Hall–Kier alpha value is -2.38. The van der Waals surface area contributed by atoms with E-state index in [-0.39, 0.29) is 5.82 Å². The predicted molar refractivity (Wildman–Crippen MR) is 86.8 cm³/mol. The van der Waals surface area contributed by atoms with E-state index < -0.39 is 6.10 Å². The molecular weight excluding hydrogens is 315 g/mol. The van der Waals surface area contributed by atoms with Gasteiger partial charge in [-0.1, -0.05) is 29.5 Å². The van der Waals surface area contributed by atoms with Crippen molar-refractivity contribution in [3.8, 4) is 0 Å². The molecule has 0 aliphatic rings. The van der Waals surface area contributed by atoms with Crippen LogP contribution < -0.4 is 5.32 Å². The van der Waals surface area contributed by atoms with E-state index in [4.69, 9.17) is 0 Å². The monoisotopic (exact) mass is 330 g/mol. The number of aromatic nitrogens is 3. The fourth-order valence-corrected chi connectivity index (χ4v) is 2.86. The number of nitrogens with zero attached hydrogens (tertiary/aromatic N) is 3. The number of rotatable bonds is 6. The molecule has 3 rings (SSSR count). The third-order valence-corrected chi connectivity index (χ3v) is 4.18. The Morgan fingerprint density at radius 3 is 2.70 bits per heavy atom. The first-order chi connectivity index (χ1) is 11.2. The number of benzene rings is 1. The first-order valence-corrected chi connectivity index (χ1v) is 7.91. The Morgan fingerprint density at radius 2 is 1.91 bits per heavy atom. The van der Waals surface area contributed by atoms with Gasteiger partial charge in [-0.2, -0.15) is 0 Å². The lowest BCUT2D eigenvalue weighted by Gasteiger charge is -2.10. The van der Waals surface area contributed by atoms with E-state index in [1.54, 1.807) is 42.7 Å². The minimum absolute atomic E-state index is 0.245. The average Bonchev–Trinajstić information content (AvgIpc) is 3.03. The fourth-order valence-electron chi connectivity index (χ4n) is 2.09. The standard InChI is InChI=1S/C16H15FN4OS/c17-13-4-2-1-3-12(13)9-15-20-21-16(23-15)19-10-14(22)11-5-7-18-8-6-11/h1-8,14,22H,9-10H2,(H,19,21). The SMILES string of the molecule is OC(CNc1nnc(Cc2ccccc2F)s1)c1ccncc1. The second-order valence-corrected chi connectivity index (χ2v) is 6.01. The molecule has 1 atom stereocenters. The van der Waals surface area contributed by atoms with E-state index in [0.717, 1.165) is 10.6 Å². The molecule has 0 radical (unpaired) electrons. The maximum Gasteiger partial charge on any atom is 0.205 e. The van der Waals surface area contributed by atoms with Crippen molar-refractivity contribution in [3.63, 3.8) is 0 Å². The van der Waals surface area contributed by atoms with Gasteiger partial charge in [0.1, 0.15) is 10.8 Å². The molecule has 2 aromatic heterocycles. The van der Waals surface area contributed by atoms with Gasteiger partial charge in [0.05, 0.1) is 6.10 Å². The minimum Gasteiger partial charge on any atom is -0.387 e. The summed E-state index contributed by atoms with van der Waals surface area (Å²) >= 11 is 1.35. The van der Waals surface area contributed by atoms with Gasteiger partial charge >= 0.3 is 0 Å². The molecule has 0 bridgehead atoms. The number of hydrogen-bond acceptors (Lipinski definition) is 6. The van der Waals surface area contributed by atoms with Crippen LogP contribution in [0.15, 0.2) is 48.8 Å². The van der Waals surface area contributed by atoms with Gasteiger partial charge in [0.15, 0.2) is 0 Å². The molecule has 3 aromatic rings. The number of pyridine rings is 1. The Labute approximate surface area is 136 Å². The number of anilines is 1. The summed E-state index contributed by atoms with van der Waals surface area (Å²) in [4.78, 5) is 3.91. The molecule has 23 heavy (non-hydrogen) atoms. The predicted octanol–water partition coefficient (Wildman–Crippen LogP) is 2.81. The molecule has 118 valence electrons. The number of hydrogen-bond donors (Lipinski definition) is 2. The first kappa shape index (κ1) is 15.5. The highest BCUT2D eigenvalue weighted by molar-refractivity contribution is 7.15. The third kappa shape index (κ3) is 4.08. The van der Waals surface area contributed by atoms with Crippen molar-refractivity contribution in [2.24, 2.45) is 0 Å². The molecule has 0 amide bonds. The van der Waals surface area contributed by atoms with Crippen LogP contribution in [0, 0.1) is 5.82 Å². The second-order valence-electron chi connectivity index (χ2n) is 4.95. The maximum absolute atomic E-state index is 13.6. The zero-order chi connectivity index (χ0) is 16.1. The zero-order valence-electron chi connectivity index (χ0n) is 12.2. The van der Waals surface area contributed by atoms with Gasteiger partial charge < -0.3 is 10.4 Å². The van der Waals surface area contributed by atoms with Crippen LogP contribution in [0.2, 0.25) is 0 Å². The highest BCUT2D eigenvalue weighted by atomic mass is 32.1. The average molecular weight is 330 g/mol. The summed E-state index contributed by atoms with van der Waals surface area (Å²) in [6.07, 6.45) is 3.02.